The molecule has 6 heteroatoms. The van der Waals surface area contributed by atoms with Gasteiger partial charge in [0.15, 0.2) is 5.82 Å². The van der Waals surface area contributed by atoms with Crippen molar-refractivity contribution in [1.29, 1.82) is 0 Å². The molecule has 3 rings (SSSR count). The van der Waals surface area contributed by atoms with Gasteiger partial charge in [0.1, 0.15) is 6.10 Å². The molecule has 1 N–H and O–H groups in total. The number of amides is 1. The lowest BCUT2D eigenvalue weighted by molar-refractivity contribution is -0.144. The molecule has 1 aromatic carbocycles. The smallest absolute Gasteiger partial charge is 0.252 e. The Labute approximate surface area is 128 Å². The quantitative estimate of drug-likeness (QED) is 0.930. The minimum absolute atomic E-state index is 0.203. The second kappa shape index (κ2) is 6.70. The van der Waals surface area contributed by atoms with E-state index in [1.807, 2.05) is 30.3 Å². The largest absolute Gasteiger partial charge is 0.383 e. The van der Waals surface area contributed by atoms with Crippen LogP contribution >= 0.6 is 0 Å². The number of nitrogens with zero attached hydrogens (tertiary/aromatic N) is 3. The lowest BCUT2D eigenvalue weighted by Crippen LogP contribution is -2.45. The van der Waals surface area contributed by atoms with E-state index in [2.05, 4.69) is 10.1 Å². The van der Waals surface area contributed by atoms with Crippen molar-refractivity contribution in [2.45, 2.75) is 37.8 Å². The van der Waals surface area contributed by atoms with E-state index >= 15 is 0 Å². The molecule has 1 aromatic heterocycles. The number of aliphatic hydroxyl groups excluding tert-OH is 1. The first-order valence-electron chi connectivity index (χ1n) is 7.54. The van der Waals surface area contributed by atoms with Gasteiger partial charge in [0.2, 0.25) is 6.39 Å². The van der Waals surface area contributed by atoms with Crippen molar-refractivity contribution in [2.75, 3.05) is 6.54 Å². The predicted molar refractivity (Wildman–Crippen MR) is 78.8 cm³/mol. The monoisotopic (exact) mass is 301 g/mol. The zero-order valence-electron chi connectivity index (χ0n) is 12.3. The number of piperidine rings is 1. The minimum atomic E-state index is -1.05. The zero-order valence-corrected chi connectivity index (χ0v) is 12.3. The molecule has 6 nitrogen and oxygen atoms in total. The van der Waals surface area contributed by atoms with E-state index in [0.29, 0.717) is 18.8 Å². The van der Waals surface area contributed by atoms with Gasteiger partial charge in [-0.25, -0.2) is 0 Å². The number of hydrogen-bond acceptors (Lipinski definition) is 5. The van der Waals surface area contributed by atoms with Crippen LogP contribution in [0.4, 0.5) is 0 Å². The summed E-state index contributed by atoms with van der Waals surface area (Å²) in [6.07, 6.45) is 3.27. The van der Waals surface area contributed by atoms with Crippen LogP contribution in [0.15, 0.2) is 41.2 Å². The highest BCUT2D eigenvalue weighted by Crippen LogP contribution is 2.29. The van der Waals surface area contributed by atoms with Gasteiger partial charge in [-0.05, 0) is 24.8 Å². The van der Waals surface area contributed by atoms with E-state index < -0.39 is 6.10 Å². The fourth-order valence-electron chi connectivity index (χ4n) is 2.91. The summed E-state index contributed by atoms with van der Waals surface area (Å²) in [6, 6.07) is 9.32. The molecular weight excluding hydrogens is 282 g/mol. The number of aliphatic hydroxyl groups is 1. The van der Waals surface area contributed by atoms with Crippen molar-refractivity contribution in [3.63, 3.8) is 0 Å². The highest BCUT2D eigenvalue weighted by molar-refractivity contribution is 5.81. The van der Waals surface area contributed by atoms with Gasteiger partial charge in [-0.3, -0.25) is 4.79 Å². The maximum Gasteiger partial charge on any atom is 0.252 e. The van der Waals surface area contributed by atoms with E-state index in [9.17, 15) is 9.90 Å². The summed E-state index contributed by atoms with van der Waals surface area (Å²) in [5.74, 6) is 0.248. The van der Waals surface area contributed by atoms with Crippen LogP contribution < -0.4 is 0 Å². The predicted octanol–water partition coefficient (Wildman–Crippen LogP) is 1.73. The number of likely N-dealkylation sites (tertiary alicyclic amines) is 1. The number of carbonyl (C=O) groups excluding carboxylic acids is 1. The van der Waals surface area contributed by atoms with Crippen molar-refractivity contribution in [3.8, 4) is 0 Å². The molecule has 0 aliphatic carbocycles. The molecule has 2 atom stereocenters. The molecule has 0 saturated carbocycles. The number of carbonyl (C=O) groups is 1. The third kappa shape index (κ3) is 3.17. The number of hydrogen-bond donors (Lipinski definition) is 1. The van der Waals surface area contributed by atoms with Gasteiger partial charge in [-0.1, -0.05) is 35.5 Å². The molecule has 2 heterocycles. The molecule has 22 heavy (non-hydrogen) atoms. The summed E-state index contributed by atoms with van der Waals surface area (Å²) in [5.41, 5.74) is 0.941. The first-order chi connectivity index (χ1) is 10.8. The molecule has 116 valence electrons. The fraction of sp³-hybridized carbons (Fsp3) is 0.438. The fourth-order valence-corrected chi connectivity index (χ4v) is 2.91. The van der Waals surface area contributed by atoms with Crippen LogP contribution in [0.1, 0.15) is 36.7 Å². The Morgan fingerprint density at radius 1 is 1.36 bits per heavy atom. The highest BCUT2D eigenvalue weighted by Gasteiger charge is 2.33. The zero-order chi connectivity index (χ0) is 15.4. The standard InChI is InChI=1S/C16H19N3O3/c20-14(10-12-6-2-1-3-7-12)16(21)19-9-5-4-8-13(19)15-17-11-22-18-15/h1-3,6-7,11,13-14,20H,4-5,8-10H2/t13-,14-/m0/s1. The van der Waals surface area contributed by atoms with Gasteiger partial charge in [-0.15, -0.1) is 0 Å². The maximum absolute atomic E-state index is 12.6. The van der Waals surface area contributed by atoms with Gasteiger partial charge < -0.3 is 14.5 Å². The van der Waals surface area contributed by atoms with E-state index in [0.717, 1.165) is 24.8 Å². The van der Waals surface area contributed by atoms with Crippen molar-refractivity contribution in [3.05, 3.63) is 48.1 Å². The Morgan fingerprint density at radius 2 is 2.18 bits per heavy atom. The van der Waals surface area contributed by atoms with Gasteiger partial charge in [0, 0.05) is 13.0 Å². The van der Waals surface area contributed by atoms with Crippen LogP contribution in [-0.2, 0) is 11.2 Å². The average Bonchev–Trinajstić information content (AvgIpc) is 3.09. The van der Waals surface area contributed by atoms with E-state index in [1.165, 1.54) is 6.39 Å². The Kier molecular flexibility index (Phi) is 4.48. The topological polar surface area (TPSA) is 79.5 Å². The molecule has 0 radical (unpaired) electrons. The minimum Gasteiger partial charge on any atom is -0.383 e. The Bertz CT molecular complexity index is 600. The number of benzene rings is 1. The van der Waals surface area contributed by atoms with Crippen molar-refractivity contribution in [1.82, 2.24) is 15.0 Å². The molecule has 0 bridgehead atoms. The maximum atomic E-state index is 12.6. The molecule has 1 fully saturated rings. The summed E-state index contributed by atoms with van der Waals surface area (Å²) in [5, 5.41) is 14.1. The second-order valence-corrected chi connectivity index (χ2v) is 5.54. The molecule has 1 saturated heterocycles. The molecule has 0 spiro atoms. The van der Waals surface area contributed by atoms with E-state index in [4.69, 9.17) is 4.52 Å². The van der Waals surface area contributed by atoms with Crippen LogP contribution in [0.5, 0.6) is 0 Å². The summed E-state index contributed by atoms with van der Waals surface area (Å²) >= 11 is 0. The first kappa shape index (κ1) is 14.7. The van der Waals surface area contributed by atoms with Crippen molar-refractivity contribution in [2.24, 2.45) is 0 Å². The summed E-state index contributed by atoms with van der Waals surface area (Å²) in [7, 11) is 0. The van der Waals surface area contributed by atoms with Crippen molar-refractivity contribution < 1.29 is 14.4 Å². The Morgan fingerprint density at radius 3 is 2.91 bits per heavy atom. The van der Waals surface area contributed by atoms with Crippen molar-refractivity contribution >= 4 is 5.91 Å². The third-order valence-electron chi connectivity index (χ3n) is 4.02. The van der Waals surface area contributed by atoms with Crippen LogP contribution in [0.2, 0.25) is 0 Å². The molecule has 1 amide bonds. The van der Waals surface area contributed by atoms with Gasteiger partial charge in [0.25, 0.3) is 5.91 Å². The lowest BCUT2D eigenvalue weighted by atomic mass is 9.99. The molecule has 2 aromatic rings. The van der Waals surface area contributed by atoms with E-state index in [-0.39, 0.29) is 11.9 Å². The SMILES string of the molecule is O=C([C@@H](O)Cc1ccccc1)N1CCCC[C@H]1c1ncon1. The van der Waals surface area contributed by atoms with Crippen LogP contribution in [0, 0.1) is 0 Å². The summed E-state index contributed by atoms with van der Waals surface area (Å²) in [4.78, 5) is 18.3. The summed E-state index contributed by atoms with van der Waals surface area (Å²) in [6.45, 7) is 0.615. The lowest BCUT2D eigenvalue weighted by Gasteiger charge is -2.35. The highest BCUT2D eigenvalue weighted by atomic mass is 16.5. The molecule has 1 aliphatic heterocycles. The number of rotatable bonds is 4. The van der Waals surface area contributed by atoms with Gasteiger partial charge in [-0.2, -0.15) is 4.98 Å². The Hall–Kier alpha value is -2.21. The van der Waals surface area contributed by atoms with Gasteiger partial charge >= 0.3 is 0 Å². The van der Waals surface area contributed by atoms with Crippen LogP contribution in [0.3, 0.4) is 0 Å². The number of aromatic nitrogens is 2. The average molecular weight is 301 g/mol. The first-order valence-corrected chi connectivity index (χ1v) is 7.54. The van der Waals surface area contributed by atoms with Crippen LogP contribution in [0.25, 0.3) is 0 Å². The van der Waals surface area contributed by atoms with Crippen LogP contribution in [-0.4, -0.2) is 38.7 Å². The summed E-state index contributed by atoms with van der Waals surface area (Å²) < 4.78 is 4.79. The molecule has 0 unspecified atom stereocenters. The second-order valence-electron chi connectivity index (χ2n) is 5.54. The molecular formula is C16H19N3O3. The van der Waals surface area contributed by atoms with E-state index in [1.54, 1.807) is 4.90 Å². The third-order valence-corrected chi connectivity index (χ3v) is 4.02. The van der Waals surface area contributed by atoms with Gasteiger partial charge in [0.05, 0.1) is 6.04 Å². The Balaban J connectivity index is 1.71. The molecule has 1 aliphatic rings. The normalized spacial score (nSPS) is 19.9.